The Bertz CT molecular complexity index is 475. The van der Waals surface area contributed by atoms with E-state index in [1.54, 1.807) is 0 Å². The second-order valence-corrected chi connectivity index (χ2v) is 4.62. The van der Waals surface area contributed by atoms with Crippen LogP contribution in [0.4, 0.5) is 0 Å². The number of rotatable bonds is 4. The van der Waals surface area contributed by atoms with Crippen LogP contribution in [0.2, 0.25) is 0 Å². The van der Waals surface area contributed by atoms with Crippen molar-refractivity contribution in [2.75, 3.05) is 0 Å². The third kappa shape index (κ3) is 3.12. The van der Waals surface area contributed by atoms with Gasteiger partial charge in [-0.15, -0.1) is 0 Å². The van der Waals surface area contributed by atoms with Gasteiger partial charge < -0.3 is 15.3 Å². The first kappa shape index (κ1) is 12.8. The number of nitrogens with zero attached hydrogens (tertiary/aromatic N) is 2. The molecule has 0 saturated heterocycles. The molecule has 1 atom stereocenters. The lowest BCUT2D eigenvalue weighted by Gasteiger charge is -1.99. The number of hydrogen-bond donors (Lipinski definition) is 3. The van der Waals surface area contributed by atoms with Gasteiger partial charge in [0, 0.05) is 6.21 Å². The summed E-state index contributed by atoms with van der Waals surface area (Å²) in [5, 5.41) is 27.2. The first-order valence-corrected chi connectivity index (χ1v) is 5.50. The van der Waals surface area contributed by atoms with E-state index in [0.29, 0.717) is 4.88 Å². The fourth-order valence-corrected chi connectivity index (χ4v) is 2.13. The zero-order valence-corrected chi connectivity index (χ0v) is 9.96. The van der Waals surface area contributed by atoms with Crippen LogP contribution in [0.25, 0.3) is 0 Å². The third-order valence-electron chi connectivity index (χ3n) is 1.59. The minimum Gasteiger partial charge on any atom is -0.493 e. The predicted octanol–water partition coefficient (Wildman–Crippen LogP) is 0.826. The summed E-state index contributed by atoms with van der Waals surface area (Å²) in [4.78, 5) is 14.5. The summed E-state index contributed by atoms with van der Waals surface area (Å²) >= 11 is 5.92. The maximum atomic E-state index is 10.5. The number of aromatic nitrogens is 1. The minimum atomic E-state index is -1.09. The predicted molar refractivity (Wildman–Crippen MR) is 61.7 cm³/mol. The molecule has 0 amide bonds. The molecule has 0 bridgehead atoms. The smallest absolute Gasteiger partial charge is 0.323 e. The molecule has 1 heterocycles. The van der Waals surface area contributed by atoms with Crippen molar-refractivity contribution in [2.24, 2.45) is 4.99 Å². The summed E-state index contributed by atoms with van der Waals surface area (Å²) in [6.07, 6.45) is 0.377. The van der Waals surface area contributed by atoms with Gasteiger partial charge in [-0.3, -0.25) is 14.4 Å². The highest BCUT2D eigenvalue weighted by molar-refractivity contribution is 7.73. The van der Waals surface area contributed by atoms with Crippen LogP contribution in [-0.4, -0.2) is 38.3 Å². The van der Waals surface area contributed by atoms with E-state index in [0.717, 1.165) is 15.9 Å². The number of aliphatic hydroxyl groups is 1. The van der Waals surface area contributed by atoms with Gasteiger partial charge in [0.05, 0.1) is 0 Å². The van der Waals surface area contributed by atoms with Gasteiger partial charge in [-0.25, -0.2) is 0 Å². The average molecular weight is 262 g/mol. The summed E-state index contributed by atoms with van der Waals surface area (Å²) in [7, 11) is 0. The topological polar surface area (TPSA) is 95.1 Å². The highest BCUT2D eigenvalue weighted by Crippen LogP contribution is 2.24. The van der Waals surface area contributed by atoms with Crippen LogP contribution >= 0.6 is 23.6 Å². The fraction of sp³-hybridized carbons (Fsp3) is 0.375. The van der Waals surface area contributed by atoms with E-state index in [1.807, 2.05) is 0 Å². The molecule has 0 saturated carbocycles. The van der Waals surface area contributed by atoms with Gasteiger partial charge in [0.15, 0.2) is 3.95 Å². The first-order chi connectivity index (χ1) is 7.41. The normalized spacial score (nSPS) is 13.1. The SMILES string of the molecule is CC(O)N=Cc1sc(=S)n(CC(=O)O)c1O. The summed E-state index contributed by atoms with van der Waals surface area (Å²) in [6.45, 7) is 1.06. The van der Waals surface area contributed by atoms with Crippen molar-refractivity contribution in [3.63, 3.8) is 0 Å². The second-order valence-electron chi connectivity index (χ2n) is 2.95. The van der Waals surface area contributed by atoms with E-state index in [2.05, 4.69) is 4.99 Å². The Morgan fingerprint density at radius 2 is 2.38 bits per heavy atom. The van der Waals surface area contributed by atoms with Crippen molar-refractivity contribution in [3.05, 3.63) is 8.83 Å². The first-order valence-electron chi connectivity index (χ1n) is 4.27. The van der Waals surface area contributed by atoms with Crippen LogP contribution in [0, 0.1) is 3.95 Å². The summed E-state index contributed by atoms with van der Waals surface area (Å²) in [5.74, 6) is -1.34. The largest absolute Gasteiger partial charge is 0.493 e. The lowest BCUT2D eigenvalue weighted by molar-refractivity contribution is -0.137. The Kier molecular flexibility index (Phi) is 4.16. The molecule has 0 aliphatic carbocycles. The number of aliphatic imine (C=N–C) groups is 1. The van der Waals surface area contributed by atoms with Gasteiger partial charge in [0.25, 0.3) is 0 Å². The van der Waals surface area contributed by atoms with Crippen LogP contribution in [0.5, 0.6) is 5.88 Å². The third-order valence-corrected chi connectivity index (χ3v) is 2.97. The molecule has 0 fully saturated rings. The van der Waals surface area contributed by atoms with E-state index < -0.39 is 18.7 Å². The molecule has 6 nitrogen and oxygen atoms in total. The molecule has 1 rings (SSSR count). The van der Waals surface area contributed by atoms with Crippen molar-refractivity contribution in [3.8, 4) is 5.88 Å². The summed E-state index contributed by atoms with van der Waals surface area (Å²) in [5.41, 5.74) is 0. The highest BCUT2D eigenvalue weighted by atomic mass is 32.1. The maximum absolute atomic E-state index is 10.5. The molecule has 0 aliphatic heterocycles. The Hall–Kier alpha value is -1.25. The number of aliphatic carboxylic acids is 1. The van der Waals surface area contributed by atoms with Gasteiger partial charge in [-0.05, 0) is 19.1 Å². The van der Waals surface area contributed by atoms with E-state index >= 15 is 0 Å². The van der Waals surface area contributed by atoms with Crippen LogP contribution in [0.3, 0.4) is 0 Å². The molecule has 0 aromatic carbocycles. The number of thiazole rings is 1. The number of aromatic hydroxyl groups is 1. The number of hydrogen-bond acceptors (Lipinski definition) is 6. The van der Waals surface area contributed by atoms with E-state index in [4.69, 9.17) is 22.4 Å². The van der Waals surface area contributed by atoms with E-state index in [9.17, 15) is 9.90 Å². The Balaban J connectivity index is 3.06. The van der Waals surface area contributed by atoms with Crippen molar-refractivity contribution in [1.82, 2.24) is 4.57 Å². The number of carbonyl (C=O) groups is 1. The standard InChI is InChI=1S/C8H10N2O4S2/c1-4(11)9-2-5-7(14)10(3-6(12)13)8(15)16-5/h2,4,11,14H,3H2,1H3,(H,12,13). The maximum Gasteiger partial charge on any atom is 0.323 e. The number of carboxylic acid groups (broad SMARTS) is 1. The lowest BCUT2D eigenvalue weighted by atomic mass is 10.5. The monoisotopic (exact) mass is 262 g/mol. The van der Waals surface area contributed by atoms with Gasteiger partial charge in [-0.1, -0.05) is 11.3 Å². The Labute approximate surface area is 100 Å². The van der Waals surface area contributed by atoms with Crippen LogP contribution < -0.4 is 0 Å². The molecule has 3 N–H and O–H groups in total. The molecule has 8 heteroatoms. The van der Waals surface area contributed by atoms with Gasteiger partial charge >= 0.3 is 5.97 Å². The second kappa shape index (κ2) is 5.19. The molecule has 1 aromatic heterocycles. The number of aliphatic hydroxyl groups excluding tert-OH is 1. The Morgan fingerprint density at radius 3 is 2.88 bits per heavy atom. The molecular formula is C8H10N2O4S2. The van der Waals surface area contributed by atoms with Crippen molar-refractivity contribution >= 4 is 35.7 Å². The lowest BCUT2D eigenvalue weighted by Crippen LogP contribution is -2.08. The molecule has 88 valence electrons. The van der Waals surface area contributed by atoms with Gasteiger partial charge in [-0.2, -0.15) is 0 Å². The minimum absolute atomic E-state index is 0.243. The van der Waals surface area contributed by atoms with E-state index in [-0.39, 0.29) is 9.83 Å². The van der Waals surface area contributed by atoms with Gasteiger partial charge in [0.1, 0.15) is 17.6 Å². The summed E-state index contributed by atoms with van der Waals surface area (Å²) in [6, 6.07) is 0. The quantitative estimate of drug-likeness (QED) is 0.551. The molecule has 0 aliphatic rings. The van der Waals surface area contributed by atoms with Crippen LogP contribution in [0.15, 0.2) is 4.99 Å². The average Bonchev–Trinajstić information content (AvgIpc) is 2.42. The zero-order valence-electron chi connectivity index (χ0n) is 8.32. The van der Waals surface area contributed by atoms with Crippen molar-refractivity contribution < 1.29 is 20.1 Å². The van der Waals surface area contributed by atoms with Crippen molar-refractivity contribution in [1.29, 1.82) is 0 Å². The van der Waals surface area contributed by atoms with Gasteiger partial charge in [0.2, 0.25) is 5.88 Å². The molecule has 0 spiro atoms. The molecule has 1 unspecified atom stereocenters. The summed E-state index contributed by atoms with van der Waals surface area (Å²) < 4.78 is 1.33. The molecule has 16 heavy (non-hydrogen) atoms. The highest BCUT2D eigenvalue weighted by Gasteiger charge is 2.12. The molecule has 1 aromatic rings. The zero-order chi connectivity index (χ0) is 12.3. The van der Waals surface area contributed by atoms with Crippen LogP contribution in [-0.2, 0) is 11.3 Å². The Morgan fingerprint density at radius 1 is 1.75 bits per heavy atom. The molecule has 0 radical (unpaired) electrons. The van der Waals surface area contributed by atoms with E-state index in [1.165, 1.54) is 13.1 Å². The molecular weight excluding hydrogens is 252 g/mol. The fourth-order valence-electron chi connectivity index (χ4n) is 0.949. The van der Waals surface area contributed by atoms with Crippen LogP contribution in [0.1, 0.15) is 11.8 Å². The number of carboxylic acids is 1. The van der Waals surface area contributed by atoms with Crippen molar-refractivity contribution in [2.45, 2.75) is 19.7 Å².